The molecular weight excluding hydrogens is 298 g/mol. The first kappa shape index (κ1) is 16.4. The number of nitrogens with zero attached hydrogens (tertiary/aromatic N) is 2. The van der Waals surface area contributed by atoms with E-state index in [-0.39, 0.29) is 11.8 Å². The van der Waals surface area contributed by atoms with Crippen LogP contribution in [0.25, 0.3) is 0 Å². The van der Waals surface area contributed by atoms with Gasteiger partial charge in [0.15, 0.2) is 0 Å². The van der Waals surface area contributed by atoms with E-state index in [0.717, 1.165) is 29.2 Å². The lowest BCUT2D eigenvalue weighted by Gasteiger charge is -2.09. The first-order valence-electron chi connectivity index (χ1n) is 7.42. The van der Waals surface area contributed by atoms with Crippen LogP contribution in [0.4, 0.5) is 5.13 Å². The SMILES string of the molecule is CCC(CC)C(=O)Nc1nnc(Cc2ccc(OC)cc2)s1. The van der Waals surface area contributed by atoms with Crippen LogP contribution in [-0.4, -0.2) is 23.2 Å². The van der Waals surface area contributed by atoms with Gasteiger partial charge in [0.2, 0.25) is 11.0 Å². The number of anilines is 1. The summed E-state index contributed by atoms with van der Waals surface area (Å²) in [5.41, 5.74) is 1.13. The molecule has 22 heavy (non-hydrogen) atoms. The molecule has 2 aromatic rings. The van der Waals surface area contributed by atoms with Crippen molar-refractivity contribution in [1.29, 1.82) is 0 Å². The van der Waals surface area contributed by atoms with Gasteiger partial charge in [0.25, 0.3) is 0 Å². The summed E-state index contributed by atoms with van der Waals surface area (Å²) >= 11 is 1.42. The van der Waals surface area contributed by atoms with E-state index in [1.807, 2.05) is 38.1 Å². The summed E-state index contributed by atoms with van der Waals surface area (Å²) in [4.78, 5) is 12.0. The highest BCUT2D eigenvalue weighted by molar-refractivity contribution is 7.15. The Labute approximate surface area is 134 Å². The van der Waals surface area contributed by atoms with Gasteiger partial charge in [-0.15, -0.1) is 10.2 Å². The minimum atomic E-state index is 0.0251. The zero-order chi connectivity index (χ0) is 15.9. The molecule has 1 N–H and O–H groups in total. The van der Waals surface area contributed by atoms with Crippen LogP contribution in [0.2, 0.25) is 0 Å². The van der Waals surface area contributed by atoms with Gasteiger partial charge >= 0.3 is 0 Å². The molecule has 0 saturated heterocycles. The maximum Gasteiger partial charge on any atom is 0.229 e. The molecule has 0 radical (unpaired) electrons. The van der Waals surface area contributed by atoms with Crippen molar-refractivity contribution in [1.82, 2.24) is 10.2 Å². The first-order chi connectivity index (χ1) is 10.7. The second-order valence-corrected chi connectivity index (χ2v) is 6.09. The van der Waals surface area contributed by atoms with Gasteiger partial charge in [-0.25, -0.2) is 0 Å². The molecule has 5 nitrogen and oxygen atoms in total. The lowest BCUT2D eigenvalue weighted by molar-refractivity contribution is -0.120. The van der Waals surface area contributed by atoms with Gasteiger partial charge in [-0.05, 0) is 30.5 Å². The van der Waals surface area contributed by atoms with Crippen LogP contribution in [-0.2, 0) is 11.2 Å². The highest BCUT2D eigenvalue weighted by atomic mass is 32.1. The van der Waals surface area contributed by atoms with E-state index in [9.17, 15) is 4.79 Å². The quantitative estimate of drug-likeness (QED) is 0.848. The highest BCUT2D eigenvalue weighted by Crippen LogP contribution is 2.21. The minimum Gasteiger partial charge on any atom is -0.497 e. The molecule has 0 aliphatic carbocycles. The molecule has 0 aliphatic heterocycles. The van der Waals surface area contributed by atoms with Crippen LogP contribution >= 0.6 is 11.3 Å². The second-order valence-electron chi connectivity index (χ2n) is 5.03. The molecule has 0 saturated carbocycles. The maximum absolute atomic E-state index is 12.0. The van der Waals surface area contributed by atoms with Gasteiger partial charge in [-0.3, -0.25) is 4.79 Å². The van der Waals surface area contributed by atoms with Gasteiger partial charge in [-0.2, -0.15) is 0 Å². The van der Waals surface area contributed by atoms with Crippen molar-refractivity contribution >= 4 is 22.4 Å². The van der Waals surface area contributed by atoms with Crippen LogP contribution in [0.15, 0.2) is 24.3 Å². The fraction of sp³-hybridized carbons (Fsp3) is 0.438. The van der Waals surface area contributed by atoms with Gasteiger partial charge in [0.05, 0.1) is 7.11 Å². The van der Waals surface area contributed by atoms with Crippen LogP contribution in [0.1, 0.15) is 37.3 Å². The number of aromatic nitrogens is 2. The van der Waals surface area contributed by atoms with Gasteiger partial charge < -0.3 is 10.1 Å². The van der Waals surface area contributed by atoms with Crippen molar-refractivity contribution in [2.24, 2.45) is 5.92 Å². The van der Waals surface area contributed by atoms with Crippen molar-refractivity contribution < 1.29 is 9.53 Å². The number of nitrogens with one attached hydrogen (secondary N) is 1. The molecule has 0 unspecified atom stereocenters. The van der Waals surface area contributed by atoms with Crippen molar-refractivity contribution in [3.05, 3.63) is 34.8 Å². The summed E-state index contributed by atoms with van der Waals surface area (Å²) in [5.74, 6) is 0.894. The Morgan fingerprint density at radius 3 is 2.50 bits per heavy atom. The number of hydrogen-bond acceptors (Lipinski definition) is 5. The summed E-state index contributed by atoms with van der Waals surface area (Å²) in [7, 11) is 1.65. The van der Waals surface area contributed by atoms with Crippen LogP contribution in [0.5, 0.6) is 5.75 Å². The fourth-order valence-corrected chi connectivity index (χ4v) is 2.94. The zero-order valence-electron chi connectivity index (χ0n) is 13.1. The summed E-state index contributed by atoms with van der Waals surface area (Å²) in [6.45, 7) is 4.03. The molecule has 0 spiro atoms. The third-order valence-electron chi connectivity index (χ3n) is 3.57. The second kappa shape index (κ2) is 7.89. The largest absolute Gasteiger partial charge is 0.497 e. The molecule has 2 rings (SSSR count). The third-order valence-corrected chi connectivity index (χ3v) is 4.41. The lowest BCUT2D eigenvalue weighted by atomic mass is 10.0. The van der Waals surface area contributed by atoms with Crippen LogP contribution in [0.3, 0.4) is 0 Å². The fourth-order valence-electron chi connectivity index (χ4n) is 2.16. The Morgan fingerprint density at radius 2 is 1.91 bits per heavy atom. The molecule has 118 valence electrons. The van der Waals surface area contributed by atoms with Gasteiger partial charge in [0.1, 0.15) is 10.8 Å². The van der Waals surface area contributed by atoms with E-state index in [1.165, 1.54) is 11.3 Å². The molecule has 6 heteroatoms. The Hall–Kier alpha value is -1.95. The van der Waals surface area contributed by atoms with E-state index in [1.54, 1.807) is 7.11 Å². The van der Waals surface area contributed by atoms with E-state index in [4.69, 9.17) is 4.74 Å². The smallest absolute Gasteiger partial charge is 0.229 e. The normalized spacial score (nSPS) is 10.7. The van der Waals surface area contributed by atoms with Crippen molar-refractivity contribution in [2.45, 2.75) is 33.1 Å². The Kier molecular flexibility index (Phi) is 5.89. The maximum atomic E-state index is 12.0. The number of hydrogen-bond donors (Lipinski definition) is 1. The van der Waals surface area contributed by atoms with Crippen molar-refractivity contribution in [3.63, 3.8) is 0 Å². The Balaban J connectivity index is 1.97. The predicted octanol–water partition coefficient (Wildman–Crippen LogP) is 3.51. The van der Waals surface area contributed by atoms with Crippen molar-refractivity contribution in [2.75, 3.05) is 12.4 Å². The summed E-state index contributed by atoms with van der Waals surface area (Å²) in [5, 5.41) is 12.5. The van der Waals surface area contributed by atoms with E-state index < -0.39 is 0 Å². The highest BCUT2D eigenvalue weighted by Gasteiger charge is 2.16. The number of carbonyl (C=O) groups is 1. The van der Waals surface area contributed by atoms with E-state index >= 15 is 0 Å². The van der Waals surface area contributed by atoms with Gasteiger partial charge in [-0.1, -0.05) is 37.3 Å². The average Bonchev–Trinajstić information content (AvgIpc) is 2.96. The number of amides is 1. The molecule has 1 aromatic carbocycles. The summed E-state index contributed by atoms with van der Waals surface area (Å²) < 4.78 is 5.14. The summed E-state index contributed by atoms with van der Waals surface area (Å²) in [6, 6.07) is 7.85. The standard InChI is InChI=1S/C16H21N3O2S/c1-4-12(5-2)15(20)17-16-19-18-14(22-16)10-11-6-8-13(21-3)9-7-11/h6-9,12H,4-5,10H2,1-3H3,(H,17,19,20). The Bertz CT molecular complexity index is 606. The minimum absolute atomic E-state index is 0.0251. The first-order valence-corrected chi connectivity index (χ1v) is 8.24. The van der Waals surface area contributed by atoms with Crippen molar-refractivity contribution in [3.8, 4) is 5.75 Å². The number of rotatable bonds is 7. The molecule has 1 aromatic heterocycles. The lowest BCUT2D eigenvalue weighted by Crippen LogP contribution is -2.21. The monoisotopic (exact) mass is 319 g/mol. The number of methoxy groups -OCH3 is 1. The molecule has 1 amide bonds. The predicted molar refractivity (Wildman–Crippen MR) is 88.4 cm³/mol. The third kappa shape index (κ3) is 4.27. The molecule has 0 fully saturated rings. The molecule has 1 heterocycles. The van der Waals surface area contributed by atoms with Crippen LogP contribution in [0, 0.1) is 5.92 Å². The molecular formula is C16H21N3O2S. The average molecular weight is 319 g/mol. The number of benzene rings is 1. The zero-order valence-corrected chi connectivity index (χ0v) is 13.9. The van der Waals surface area contributed by atoms with Gasteiger partial charge in [0, 0.05) is 12.3 Å². The summed E-state index contributed by atoms with van der Waals surface area (Å²) in [6.07, 6.45) is 2.36. The Morgan fingerprint density at radius 1 is 1.23 bits per heavy atom. The number of carbonyl (C=O) groups excluding carboxylic acids is 1. The molecule has 0 aliphatic rings. The number of ether oxygens (including phenoxy) is 1. The molecule has 0 bridgehead atoms. The van der Waals surface area contributed by atoms with E-state index in [2.05, 4.69) is 15.5 Å². The topological polar surface area (TPSA) is 64.1 Å². The van der Waals surface area contributed by atoms with E-state index in [0.29, 0.717) is 11.6 Å². The van der Waals surface area contributed by atoms with Crippen LogP contribution < -0.4 is 10.1 Å². The molecule has 0 atom stereocenters.